The van der Waals surface area contributed by atoms with Gasteiger partial charge in [0.1, 0.15) is 17.1 Å². The lowest BCUT2D eigenvalue weighted by atomic mass is 10.0. The number of alkyl halides is 3. The molecular weight excluding hydrogens is 535 g/mol. The van der Waals surface area contributed by atoms with E-state index in [0.717, 1.165) is 29.2 Å². The predicted molar refractivity (Wildman–Crippen MR) is 134 cm³/mol. The quantitative estimate of drug-likeness (QED) is 0.180. The summed E-state index contributed by atoms with van der Waals surface area (Å²) in [5.41, 5.74) is -1.19. The predicted octanol–water partition coefficient (Wildman–Crippen LogP) is 7.97. The van der Waals surface area contributed by atoms with Gasteiger partial charge in [0, 0.05) is 22.7 Å². The first kappa shape index (κ1) is 26.5. The van der Waals surface area contributed by atoms with Crippen LogP contribution in [-0.2, 0) is 4.79 Å². The molecule has 37 heavy (non-hydrogen) atoms. The number of hydrogen-bond acceptors (Lipinski definition) is 4. The largest absolute Gasteiger partial charge is 0.481 e. The van der Waals surface area contributed by atoms with Crippen LogP contribution < -0.4 is 9.64 Å². The summed E-state index contributed by atoms with van der Waals surface area (Å²) in [5, 5.41) is 0.685. The van der Waals surface area contributed by atoms with Crippen LogP contribution in [0.15, 0.2) is 71.1 Å². The van der Waals surface area contributed by atoms with E-state index >= 15 is 4.39 Å². The molecule has 4 rings (SSSR count). The van der Waals surface area contributed by atoms with Gasteiger partial charge >= 0.3 is 12.2 Å². The van der Waals surface area contributed by atoms with E-state index in [4.69, 9.17) is 32.4 Å². The first-order valence-corrected chi connectivity index (χ1v) is 11.5. The number of carbonyl (C=O) groups excluding carboxylic acids is 1. The molecule has 5 nitrogen and oxygen atoms in total. The van der Waals surface area contributed by atoms with Crippen LogP contribution in [0.1, 0.15) is 18.1 Å². The van der Waals surface area contributed by atoms with Gasteiger partial charge in [-0.2, -0.15) is 18.2 Å². The number of allylic oxidation sites excluding steroid dienone is 1. The van der Waals surface area contributed by atoms with Crippen molar-refractivity contribution in [2.75, 3.05) is 11.9 Å². The van der Waals surface area contributed by atoms with Crippen molar-refractivity contribution in [3.63, 3.8) is 0 Å². The monoisotopic (exact) mass is 552 g/mol. The minimum absolute atomic E-state index is 0.0298. The highest BCUT2D eigenvalue weighted by Gasteiger charge is 2.38. The molecule has 1 atom stereocenters. The van der Waals surface area contributed by atoms with Crippen molar-refractivity contribution in [3.8, 4) is 5.75 Å². The van der Waals surface area contributed by atoms with Crippen molar-refractivity contribution < 1.29 is 31.5 Å². The number of ether oxygens (including phenoxy) is 1. The number of rotatable bonds is 6. The van der Waals surface area contributed by atoms with Crippen LogP contribution in [0.3, 0.4) is 0 Å². The second kappa shape index (κ2) is 10.4. The van der Waals surface area contributed by atoms with Crippen LogP contribution in [-0.4, -0.2) is 30.2 Å². The third kappa shape index (κ3) is 5.89. The summed E-state index contributed by atoms with van der Waals surface area (Å²) >= 11 is 11.7. The molecule has 11 heteroatoms. The van der Waals surface area contributed by atoms with E-state index in [1.807, 2.05) is 0 Å². The summed E-state index contributed by atoms with van der Waals surface area (Å²) in [6.07, 6.45) is -5.97. The van der Waals surface area contributed by atoms with Crippen LogP contribution in [0, 0.1) is 0 Å². The van der Waals surface area contributed by atoms with Gasteiger partial charge < -0.3 is 9.15 Å². The molecule has 0 unspecified atom stereocenters. The van der Waals surface area contributed by atoms with Gasteiger partial charge in [-0.3, -0.25) is 9.69 Å². The van der Waals surface area contributed by atoms with E-state index < -0.39 is 29.6 Å². The molecule has 0 saturated heterocycles. The Labute approximate surface area is 218 Å². The number of hydrogen-bond donors (Lipinski definition) is 0. The number of aromatic nitrogens is 1. The van der Waals surface area contributed by atoms with Gasteiger partial charge in [0.15, 0.2) is 11.7 Å². The molecule has 0 spiro atoms. The first-order valence-electron chi connectivity index (χ1n) is 10.8. The maximum absolute atomic E-state index is 15.0. The second-order valence-corrected chi connectivity index (χ2v) is 8.86. The number of carbonyl (C=O) groups is 1. The minimum Gasteiger partial charge on any atom is -0.481 e. The number of nitrogens with zero attached hydrogens (tertiary/aromatic N) is 2. The Bertz CT molecular complexity index is 1470. The fourth-order valence-electron chi connectivity index (χ4n) is 3.51. The van der Waals surface area contributed by atoms with Crippen LogP contribution >= 0.6 is 23.2 Å². The minimum atomic E-state index is -4.95. The fraction of sp³-hybridized carbons (Fsp3) is 0.154. The highest BCUT2D eigenvalue weighted by atomic mass is 35.5. The zero-order valence-corrected chi connectivity index (χ0v) is 20.8. The van der Waals surface area contributed by atoms with Gasteiger partial charge in [0.05, 0.1) is 5.57 Å². The third-order valence-corrected chi connectivity index (χ3v) is 5.85. The molecule has 192 valence electrons. The number of halogens is 6. The van der Waals surface area contributed by atoms with Gasteiger partial charge in [0.25, 0.3) is 5.91 Å². The summed E-state index contributed by atoms with van der Waals surface area (Å²) in [4.78, 5) is 18.2. The molecule has 0 saturated carbocycles. The molecule has 1 heterocycles. The average molecular weight is 553 g/mol. The second-order valence-electron chi connectivity index (χ2n) is 7.98. The van der Waals surface area contributed by atoms with Crippen molar-refractivity contribution in [1.29, 1.82) is 0 Å². The van der Waals surface area contributed by atoms with E-state index in [-0.39, 0.29) is 27.9 Å². The van der Waals surface area contributed by atoms with Gasteiger partial charge in [-0.05, 0) is 67.1 Å². The Balaban J connectivity index is 1.51. The number of benzene rings is 3. The number of anilines is 1. The van der Waals surface area contributed by atoms with Gasteiger partial charge in [0.2, 0.25) is 0 Å². The highest BCUT2D eigenvalue weighted by Crippen LogP contribution is 2.41. The summed E-state index contributed by atoms with van der Waals surface area (Å²) in [7, 11) is 1.45. The molecule has 0 N–H and O–H groups in total. The molecule has 0 radical (unpaired) electrons. The molecule has 0 aliphatic heterocycles. The third-order valence-electron chi connectivity index (χ3n) is 5.36. The zero-order valence-electron chi connectivity index (χ0n) is 19.3. The van der Waals surface area contributed by atoms with Gasteiger partial charge in [-0.15, -0.1) is 0 Å². The Morgan fingerprint density at radius 3 is 2.19 bits per heavy atom. The summed E-state index contributed by atoms with van der Waals surface area (Å²) in [6.45, 7) is 1.48. The average Bonchev–Trinajstić information content (AvgIpc) is 3.27. The SMILES string of the molecule is C[C@@H](Oc1ccc(C(F)=C(c2ccc(Cl)cc2)C(F)(F)F)cc1)C(=O)N(C)c1nc2cc(Cl)ccc2o1. The highest BCUT2D eigenvalue weighted by molar-refractivity contribution is 6.31. The van der Waals surface area contributed by atoms with Crippen LogP contribution in [0.5, 0.6) is 5.75 Å². The maximum atomic E-state index is 15.0. The van der Waals surface area contributed by atoms with E-state index in [9.17, 15) is 18.0 Å². The molecule has 3 aromatic carbocycles. The molecule has 0 bridgehead atoms. The van der Waals surface area contributed by atoms with Gasteiger partial charge in [-0.25, -0.2) is 4.39 Å². The van der Waals surface area contributed by atoms with Crippen molar-refractivity contribution in [3.05, 3.63) is 87.9 Å². The summed E-state index contributed by atoms with van der Waals surface area (Å²) in [6, 6.07) is 14.4. The van der Waals surface area contributed by atoms with E-state index in [1.54, 1.807) is 18.2 Å². The lowest BCUT2D eigenvalue weighted by Crippen LogP contribution is -2.38. The zero-order chi connectivity index (χ0) is 26.9. The Morgan fingerprint density at radius 1 is 0.973 bits per heavy atom. The smallest absolute Gasteiger partial charge is 0.419 e. The Morgan fingerprint density at radius 2 is 1.57 bits per heavy atom. The summed E-state index contributed by atoms with van der Waals surface area (Å²) < 4.78 is 67.2. The van der Waals surface area contributed by atoms with Crippen LogP contribution in [0.4, 0.5) is 23.6 Å². The molecule has 0 fully saturated rings. The lowest BCUT2D eigenvalue weighted by molar-refractivity contribution is -0.124. The van der Waals surface area contributed by atoms with Crippen molar-refractivity contribution in [2.45, 2.75) is 19.2 Å². The Kier molecular flexibility index (Phi) is 7.47. The molecule has 0 aliphatic carbocycles. The van der Waals surface area contributed by atoms with Crippen LogP contribution in [0.2, 0.25) is 10.0 Å². The standard InChI is InChI=1S/C26H18Cl2F4N2O3/c1-14(24(35)34(2)25-33-20-13-18(28)9-12-21(20)37-25)36-19-10-5-16(6-11-19)23(29)22(26(30,31)32)15-3-7-17(27)8-4-15/h3-14H,1-2H3/t14-/m1/s1. The number of oxazole rings is 1. The van der Waals surface area contributed by atoms with Crippen molar-refractivity contribution in [1.82, 2.24) is 4.98 Å². The van der Waals surface area contributed by atoms with Crippen molar-refractivity contribution >= 4 is 57.6 Å². The topological polar surface area (TPSA) is 55.6 Å². The summed E-state index contributed by atoms with van der Waals surface area (Å²) in [5.74, 6) is -1.81. The normalized spacial score (nSPS) is 13.3. The van der Waals surface area contributed by atoms with Crippen molar-refractivity contribution in [2.24, 2.45) is 0 Å². The molecule has 1 aromatic heterocycles. The maximum Gasteiger partial charge on any atom is 0.419 e. The number of likely N-dealkylation sites (N-methyl/N-ethyl adjacent to an activating group) is 1. The van der Waals surface area contributed by atoms with Gasteiger partial charge in [-0.1, -0.05) is 35.3 Å². The van der Waals surface area contributed by atoms with E-state index in [0.29, 0.717) is 16.1 Å². The Hall–Kier alpha value is -3.56. The van der Waals surface area contributed by atoms with E-state index in [1.165, 1.54) is 38.2 Å². The molecule has 1 amide bonds. The molecular formula is C26H18Cl2F4N2O3. The number of amides is 1. The van der Waals surface area contributed by atoms with E-state index in [2.05, 4.69) is 4.98 Å². The van der Waals surface area contributed by atoms with Crippen LogP contribution in [0.25, 0.3) is 22.5 Å². The first-order chi connectivity index (χ1) is 17.4. The molecule has 4 aromatic rings. The fourth-order valence-corrected chi connectivity index (χ4v) is 3.80. The molecule has 0 aliphatic rings. The number of fused-ring (bicyclic) bond motifs is 1. The lowest BCUT2D eigenvalue weighted by Gasteiger charge is -2.19.